The molecule has 0 saturated heterocycles. The average Bonchev–Trinajstić information content (AvgIpc) is 2.42. The Morgan fingerprint density at radius 1 is 1.26 bits per heavy atom. The number of aliphatic hydroxyl groups is 2. The summed E-state index contributed by atoms with van der Waals surface area (Å²) in [5.41, 5.74) is 1.35. The van der Waals surface area contributed by atoms with E-state index in [4.69, 9.17) is 5.26 Å². The molecule has 0 amide bonds. The molecular formula is C15H22N2O2. The Bertz CT molecular complexity index is 409. The number of nitriles is 1. The van der Waals surface area contributed by atoms with Crippen LogP contribution in [0.3, 0.4) is 0 Å². The lowest BCUT2D eigenvalue weighted by Crippen LogP contribution is -2.36. The van der Waals surface area contributed by atoms with Gasteiger partial charge in [-0.15, -0.1) is 0 Å². The highest BCUT2D eigenvalue weighted by Gasteiger charge is 2.13. The Kier molecular flexibility index (Phi) is 6.51. The van der Waals surface area contributed by atoms with Crippen LogP contribution in [0.2, 0.25) is 0 Å². The summed E-state index contributed by atoms with van der Waals surface area (Å²) in [5.74, 6) is 0.497. The van der Waals surface area contributed by atoms with E-state index in [2.05, 4.69) is 19.2 Å². The van der Waals surface area contributed by atoms with Gasteiger partial charge in [0.25, 0.3) is 0 Å². The first kappa shape index (κ1) is 15.6. The predicted octanol–water partition coefficient (Wildman–Crippen LogP) is 1.59. The van der Waals surface area contributed by atoms with E-state index in [9.17, 15) is 10.2 Å². The van der Waals surface area contributed by atoms with Crippen molar-refractivity contribution in [1.82, 2.24) is 5.32 Å². The summed E-state index contributed by atoms with van der Waals surface area (Å²) in [4.78, 5) is 0. The lowest BCUT2D eigenvalue weighted by molar-refractivity contribution is 0.154. The minimum Gasteiger partial charge on any atom is -0.395 e. The third-order valence-corrected chi connectivity index (χ3v) is 3.00. The molecule has 1 aromatic carbocycles. The highest BCUT2D eigenvalue weighted by molar-refractivity contribution is 5.32. The van der Waals surface area contributed by atoms with Crippen LogP contribution < -0.4 is 5.32 Å². The molecule has 0 radical (unpaired) electrons. The molecule has 0 heterocycles. The number of nitrogens with one attached hydrogen (secondary N) is 1. The normalized spacial score (nSPS) is 14.1. The van der Waals surface area contributed by atoms with E-state index in [0.717, 1.165) is 12.0 Å². The summed E-state index contributed by atoms with van der Waals surface area (Å²) in [6.07, 6.45) is 0.241. The molecule has 4 nitrogen and oxygen atoms in total. The van der Waals surface area contributed by atoms with Gasteiger partial charge in [0.1, 0.15) is 0 Å². The standard InChI is InChI=1S/C15H22N2O2/c1-11(2)7-14(10-18)17-9-15(19)13-5-3-12(8-16)4-6-13/h3-6,11,14-15,17-19H,7,9-10H2,1-2H3. The van der Waals surface area contributed by atoms with Crippen LogP contribution in [-0.4, -0.2) is 29.4 Å². The quantitative estimate of drug-likeness (QED) is 0.697. The Morgan fingerprint density at radius 3 is 2.37 bits per heavy atom. The van der Waals surface area contributed by atoms with Crippen molar-refractivity contribution >= 4 is 0 Å². The molecule has 0 saturated carbocycles. The van der Waals surface area contributed by atoms with Crippen LogP contribution in [0.1, 0.15) is 37.5 Å². The minimum absolute atomic E-state index is 0.00744. The number of rotatable bonds is 7. The first-order valence-electron chi connectivity index (χ1n) is 6.59. The van der Waals surface area contributed by atoms with Crippen molar-refractivity contribution in [2.24, 2.45) is 5.92 Å². The van der Waals surface area contributed by atoms with E-state index in [0.29, 0.717) is 18.0 Å². The maximum absolute atomic E-state index is 10.0. The Hall–Kier alpha value is -1.41. The van der Waals surface area contributed by atoms with Crippen molar-refractivity contribution in [2.75, 3.05) is 13.2 Å². The number of hydrogen-bond donors (Lipinski definition) is 3. The van der Waals surface area contributed by atoms with Crippen LogP contribution in [0.4, 0.5) is 0 Å². The van der Waals surface area contributed by atoms with Gasteiger partial charge >= 0.3 is 0 Å². The molecule has 1 rings (SSSR count). The van der Waals surface area contributed by atoms with Crippen molar-refractivity contribution in [1.29, 1.82) is 5.26 Å². The van der Waals surface area contributed by atoms with E-state index in [1.807, 2.05) is 6.07 Å². The first-order valence-corrected chi connectivity index (χ1v) is 6.59. The third kappa shape index (κ3) is 5.39. The topological polar surface area (TPSA) is 76.3 Å². The maximum Gasteiger partial charge on any atom is 0.0991 e. The molecule has 0 fully saturated rings. The third-order valence-electron chi connectivity index (χ3n) is 3.00. The van der Waals surface area contributed by atoms with Crippen molar-refractivity contribution in [3.63, 3.8) is 0 Å². The molecule has 104 valence electrons. The molecule has 0 bridgehead atoms. The van der Waals surface area contributed by atoms with Gasteiger partial charge in [-0.3, -0.25) is 0 Å². The highest BCUT2D eigenvalue weighted by atomic mass is 16.3. The fourth-order valence-corrected chi connectivity index (χ4v) is 1.97. The summed E-state index contributed by atoms with van der Waals surface area (Å²) >= 11 is 0. The van der Waals surface area contributed by atoms with Crippen molar-refractivity contribution in [2.45, 2.75) is 32.4 Å². The van der Waals surface area contributed by atoms with Gasteiger partial charge in [-0.25, -0.2) is 0 Å². The van der Waals surface area contributed by atoms with Crippen molar-refractivity contribution in [3.8, 4) is 6.07 Å². The van der Waals surface area contributed by atoms with Crippen molar-refractivity contribution < 1.29 is 10.2 Å². The Morgan fingerprint density at radius 2 is 1.89 bits per heavy atom. The van der Waals surface area contributed by atoms with Gasteiger partial charge in [0.2, 0.25) is 0 Å². The zero-order chi connectivity index (χ0) is 14.3. The fourth-order valence-electron chi connectivity index (χ4n) is 1.97. The van der Waals surface area contributed by atoms with Crippen molar-refractivity contribution in [3.05, 3.63) is 35.4 Å². The molecule has 1 aromatic rings. The van der Waals surface area contributed by atoms with Crippen LogP contribution in [-0.2, 0) is 0 Å². The molecular weight excluding hydrogens is 240 g/mol. The van der Waals surface area contributed by atoms with Crippen LogP contribution in [0.25, 0.3) is 0 Å². The Labute approximate surface area is 114 Å². The number of hydrogen-bond acceptors (Lipinski definition) is 4. The molecule has 0 aromatic heterocycles. The molecule has 0 aliphatic heterocycles. The van der Waals surface area contributed by atoms with Gasteiger partial charge in [-0.2, -0.15) is 5.26 Å². The fraction of sp³-hybridized carbons (Fsp3) is 0.533. The maximum atomic E-state index is 10.0. The van der Waals surface area contributed by atoms with E-state index >= 15 is 0 Å². The molecule has 19 heavy (non-hydrogen) atoms. The zero-order valence-electron chi connectivity index (χ0n) is 11.5. The van der Waals surface area contributed by atoms with E-state index in [1.54, 1.807) is 24.3 Å². The van der Waals surface area contributed by atoms with E-state index in [1.165, 1.54) is 0 Å². The lowest BCUT2D eigenvalue weighted by atomic mass is 10.0. The summed E-state index contributed by atoms with van der Waals surface area (Å²) in [6.45, 7) is 4.66. The van der Waals surface area contributed by atoms with Crippen LogP contribution in [0.15, 0.2) is 24.3 Å². The zero-order valence-corrected chi connectivity index (χ0v) is 11.5. The SMILES string of the molecule is CC(C)CC(CO)NCC(O)c1ccc(C#N)cc1. The van der Waals surface area contributed by atoms with Gasteiger partial charge in [0.15, 0.2) is 0 Å². The largest absolute Gasteiger partial charge is 0.395 e. The van der Waals surface area contributed by atoms with Crippen LogP contribution in [0.5, 0.6) is 0 Å². The number of benzene rings is 1. The first-order chi connectivity index (χ1) is 9.06. The second kappa shape index (κ2) is 7.90. The molecule has 2 unspecified atom stereocenters. The van der Waals surface area contributed by atoms with Crippen LogP contribution in [0, 0.1) is 17.2 Å². The molecule has 4 heteroatoms. The van der Waals surface area contributed by atoms with Gasteiger partial charge in [0.05, 0.1) is 24.3 Å². The highest BCUT2D eigenvalue weighted by Crippen LogP contribution is 2.13. The second-order valence-electron chi connectivity index (χ2n) is 5.17. The number of aliphatic hydroxyl groups excluding tert-OH is 2. The summed E-state index contributed by atoms with van der Waals surface area (Å²) < 4.78 is 0. The molecule has 3 N–H and O–H groups in total. The van der Waals surface area contributed by atoms with E-state index in [-0.39, 0.29) is 12.6 Å². The van der Waals surface area contributed by atoms with Crippen LogP contribution >= 0.6 is 0 Å². The summed E-state index contributed by atoms with van der Waals surface area (Å²) in [7, 11) is 0. The lowest BCUT2D eigenvalue weighted by Gasteiger charge is -2.20. The van der Waals surface area contributed by atoms with Gasteiger partial charge in [0, 0.05) is 12.6 Å². The van der Waals surface area contributed by atoms with E-state index < -0.39 is 6.10 Å². The second-order valence-corrected chi connectivity index (χ2v) is 5.17. The van der Waals surface area contributed by atoms with Gasteiger partial charge < -0.3 is 15.5 Å². The molecule has 0 aliphatic rings. The molecule has 0 aliphatic carbocycles. The number of nitrogens with zero attached hydrogens (tertiary/aromatic N) is 1. The summed E-state index contributed by atoms with van der Waals surface area (Å²) in [5, 5.41) is 31.2. The minimum atomic E-state index is -0.631. The smallest absolute Gasteiger partial charge is 0.0991 e. The average molecular weight is 262 g/mol. The predicted molar refractivity (Wildman–Crippen MR) is 74.4 cm³/mol. The Balaban J connectivity index is 2.49. The molecule has 2 atom stereocenters. The van der Waals surface area contributed by atoms with Gasteiger partial charge in [-0.05, 0) is 30.0 Å². The summed E-state index contributed by atoms with van der Waals surface area (Å²) in [6, 6.07) is 8.94. The molecule has 0 spiro atoms. The monoisotopic (exact) mass is 262 g/mol. The van der Waals surface area contributed by atoms with Gasteiger partial charge in [-0.1, -0.05) is 26.0 Å².